The molecule has 15 heavy (non-hydrogen) atoms. The third-order valence-corrected chi connectivity index (χ3v) is 2.75. The number of carbonyl (C=O) groups excluding carboxylic acids is 1. The summed E-state index contributed by atoms with van der Waals surface area (Å²) in [6.07, 6.45) is 0.627. The first kappa shape index (κ1) is 12.0. The van der Waals surface area contributed by atoms with E-state index in [1.807, 2.05) is 19.9 Å². The molecular formula is C11H14ClNO2. The van der Waals surface area contributed by atoms with Crippen LogP contribution in [0.25, 0.3) is 0 Å². The molecule has 0 radical (unpaired) electrons. The molecular weight excluding hydrogens is 214 g/mol. The molecule has 0 aliphatic heterocycles. The van der Waals surface area contributed by atoms with E-state index >= 15 is 0 Å². The molecule has 0 atom stereocenters. The van der Waals surface area contributed by atoms with E-state index in [2.05, 4.69) is 0 Å². The summed E-state index contributed by atoms with van der Waals surface area (Å²) in [6, 6.07) is 1.94. The highest BCUT2D eigenvalue weighted by molar-refractivity contribution is 6.63. The quantitative estimate of drug-likeness (QED) is 0.738. The van der Waals surface area contributed by atoms with Gasteiger partial charge in [-0.1, -0.05) is 0 Å². The minimum atomic E-state index is -0.406. The van der Waals surface area contributed by atoms with Gasteiger partial charge in [0.05, 0.1) is 0 Å². The highest BCUT2D eigenvalue weighted by Crippen LogP contribution is 2.08. The van der Waals surface area contributed by atoms with Crippen molar-refractivity contribution >= 4 is 16.8 Å². The van der Waals surface area contributed by atoms with Gasteiger partial charge in [-0.2, -0.15) is 0 Å². The Morgan fingerprint density at radius 2 is 2.07 bits per heavy atom. The number of halogens is 1. The number of nitrogens with zero attached hydrogens (tertiary/aromatic N) is 1. The maximum Gasteiger partial charge on any atom is 0.253 e. The van der Waals surface area contributed by atoms with Crippen molar-refractivity contribution in [3.63, 3.8) is 0 Å². The van der Waals surface area contributed by atoms with E-state index in [1.54, 1.807) is 11.6 Å². The second kappa shape index (κ2) is 4.62. The Balaban J connectivity index is 3.13. The molecule has 0 spiro atoms. The number of aromatic nitrogens is 1. The van der Waals surface area contributed by atoms with Gasteiger partial charge >= 0.3 is 0 Å². The van der Waals surface area contributed by atoms with Crippen molar-refractivity contribution in [1.29, 1.82) is 0 Å². The molecule has 1 rings (SSSR count). The van der Waals surface area contributed by atoms with Crippen LogP contribution < -0.4 is 5.56 Å². The van der Waals surface area contributed by atoms with Gasteiger partial charge in [0.2, 0.25) is 5.24 Å². The first-order valence-corrected chi connectivity index (χ1v) is 5.15. The summed E-state index contributed by atoms with van der Waals surface area (Å²) in [7, 11) is 1.73. The Morgan fingerprint density at radius 3 is 2.60 bits per heavy atom. The van der Waals surface area contributed by atoms with Crippen LogP contribution in [0.4, 0.5) is 0 Å². The van der Waals surface area contributed by atoms with Crippen molar-refractivity contribution in [2.45, 2.75) is 26.7 Å². The fourth-order valence-electron chi connectivity index (χ4n) is 1.56. The Morgan fingerprint density at radius 1 is 1.47 bits per heavy atom. The largest absolute Gasteiger partial charge is 0.316 e. The summed E-state index contributed by atoms with van der Waals surface area (Å²) in [4.78, 5) is 22.5. The predicted octanol–water partition coefficient (Wildman–Crippen LogP) is 1.70. The topological polar surface area (TPSA) is 39.1 Å². The van der Waals surface area contributed by atoms with Gasteiger partial charge < -0.3 is 4.57 Å². The Kier molecular flexibility index (Phi) is 3.69. The van der Waals surface area contributed by atoms with Gasteiger partial charge in [-0.05, 0) is 43.5 Å². The first-order valence-electron chi connectivity index (χ1n) is 4.78. The van der Waals surface area contributed by atoms with E-state index in [0.29, 0.717) is 12.0 Å². The summed E-state index contributed by atoms with van der Waals surface area (Å²) in [5.74, 6) is 0. The van der Waals surface area contributed by atoms with E-state index < -0.39 is 5.24 Å². The third kappa shape index (κ3) is 2.69. The zero-order valence-corrected chi connectivity index (χ0v) is 9.89. The minimum absolute atomic E-state index is 0.0367. The summed E-state index contributed by atoms with van der Waals surface area (Å²) in [5, 5.41) is -0.406. The molecule has 82 valence electrons. The lowest BCUT2D eigenvalue weighted by molar-refractivity contribution is -0.111. The number of rotatable bonds is 3. The van der Waals surface area contributed by atoms with Crippen molar-refractivity contribution in [1.82, 2.24) is 4.57 Å². The van der Waals surface area contributed by atoms with Crippen molar-refractivity contribution in [2.75, 3.05) is 0 Å². The molecule has 0 amide bonds. The lowest BCUT2D eigenvalue weighted by atomic mass is 10.1. The van der Waals surface area contributed by atoms with Gasteiger partial charge in [0.1, 0.15) is 0 Å². The fourth-order valence-corrected chi connectivity index (χ4v) is 1.65. The van der Waals surface area contributed by atoms with Gasteiger partial charge in [-0.3, -0.25) is 9.59 Å². The molecule has 0 N–H and O–H groups in total. The second-order valence-electron chi connectivity index (χ2n) is 3.67. The lowest BCUT2D eigenvalue weighted by Gasteiger charge is -2.09. The number of hydrogen-bond donors (Lipinski definition) is 0. The number of hydrogen-bond acceptors (Lipinski definition) is 2. The average molecular weight is 228 g/mol. The van der Waals surface area contributed by atoms with Crippen LogP contribution in [-0.4, -0.2) is 9.81 Å². The van der Waals surface area contributed by atoms with Crippen LogP contribution in [0.5, 0.6) is 0 Å². The van der Waals surface area contributed by atoms with Crippen molar-refractivity contribution in [2.24, 2.45) is 7.05 Å². The highest BCUT2D eigenvalue weighted by atomic mass is 35.5. The Labute approximate surface area is 93.7 Å². The predicted molar refractivity (Wildman–Crippen MR) is 60.3 cm³/mol. The Hall–Kier alpha value is -1.09. The molecule has 1 heterocycles. The molecule has 0 saturated carbocycles. The van der Waals surface area contributed by atoms with Gasteiger partial charge in [-0.25, -0.2) is 0 Å². The third-order valence-electron chi connectivity index (χ3n) is 2.56. The van der Waals surface area contributed by atoms with Crippen LogP contribution in [0, 0.1) is 13.8 Å². The zero-order valence-electron chi connectivity index (χ0n) is 9.13. The molecule has 0 aromatic carbocycles. The van der Waals surface area contributed by atoms with E-state index in [0.717, 1.165) is 11.3 Å². The lowest BCUT2D eigenvalue weighted by Crippen LogP contribution is -2.24. The van der Waals surface area contributed by atoms with E-state index in [4.69, 9.17) is 11.6 Å². The molecule has 0 bridgehead atoms. The van der Waals surface area contributed by atoms with Gasteiger partial charge in [0, 0.05) is 24.7 Å². The van der Waals surface area contributed by atoms with Crippen molar-refractivity contribution in [3.8, 4) is 0 Å². The number of pyridine rings is 1. The smallest absolute Gasteiger partial charge is 0.253 e. The van der Waals surface area contributed by atoms with Crippen LogP contribution in [0.15, 0.2) is 10.9 Å². The van der Waals surface area contributed by atoms with Crippen LogP contribution in [0.3, 0.4) is 0 Å². The van der Waals surface area contributed by atoms with Crippen LogP contribution in [-0.2, 0) is 18.3 Å². The fraction of sp³-hybridized carbons (Fsp3) is 0.455. The summed E-state index contributed by atoms with van der Waals surface area (Å²) in [5.41, 5.74) is 2.48. The highest BCUT2D eigenvalue weighted by Gasteiger charge is 2.09. The molecule has 0 aliphatic rings. The second-order valence-corrected chi connectivity index (χ2v) is 4.09. The number of carbonyl (C=O) groups is 1. The molecule has 1 aromatic heterocycles. The molecule has 0 saturated heterocycles. The first-order chi connectivity index (χ1) is 6.93. The molecule has 3 nitrogen and oxygen atoms in total. The SMILES string of the molecule is Cc1cc(C)n(C)c(=O)c1CCC(=O)Cl. The maximum atomic E-state index is 11.8. The normalized spacial score (nSPS) is 10.4. The molecule has 1 aromatic rings. The number of aryl methyl sites for hydroxylation is 2. The summed E-state index contributed by atoms with van der Waals surface area (Å²) in [6.45, 7) is 3.76. The molecule has 4 heteroatoms. The van der Waals surface area contributed by atoms with Crippen molar-refractivity contribution in [3.05, 3.63) is 33.2 Å². The van der Waals surface area contributed by atoms with Gasteiger partial charge in [0.15, 0.2) is 0 Å². The monoisotopic (exact) mass is 227 g/mol. The standard InChI is InChI=1S/C11H14ClNO2/c1-7-6-8(2)13(3)11(15)9(7)4-5-10(12)14/h6H,4-5H2,1-3H3. The maximum absolute atomic E-state index is 11.8. The average Bonchev–Trinajstić information content (AvgIpc) is 2.14. The van der Waals surface area contributed by atoms with Crippen molar-refractivity contribution < 1.29 is 4.79 Å². The van der Waals surface area contributed by atoms with Gasteiger partial charge in [0.25, 0.3) is 5.56 Å². The van der Waals surface area contributed by atoms with Crippen LogP contribution in [0.2, 0.25) is 0 Å². The summed E-state index contributed by atoms with van der Waals surface area (Å²) < 4.78 is 1.58. The summed E-state index contributed by atoms with van der Waals surface area (Å²) >= 11 is 5.26. The molecule has 0 fully saturated rings. The van der Waals surface area contributed by atoms with E-state index in [9.17, 15) is 9.59 Å². The molecule has 0 unspecified atom stereocenters. The van der Waals surface area contributed by atoms with Crippen LogP contribution in [0.1, 0.15) is 23.2 Å². The van der Waals surface area contributed by atoms with Crippen LogP contribution >= 0.6 is 11.6 Å². The zero-order chi connectivity index (χ0) is 11.6. The van der Waals surface area contributed by atoms with E-state index in [-0.39, 0.29) is 12.0 Å². The Bertz CT molecular complexity index is 449. The minimum Gasteiger partial charge on any atom is -0.316 e. The van der Waals surface area contributed by atoms with E-state index in [1.165, 1.54) is 0 Å². The van der Waals surface area contributed by atoms with Gasteiger partial charge in [-0.15, -0.1) is 0 Å². The molecule has 0 aliphatic carbocycles.